The molecule has 1 saturated heterocycles. The Morgan fingerprint density at radius 1 is 1.43 bits per heavy atom. The van der Waals surface area contributed by atoms with Crippen LogP contribution in [0.2, 0.25) is 0 Å². The second kappa shape index (κ2) is 7.72. The lowest BCUT2D eigenvalue weighted by Gasteiger charge is -2.34. The van der Waals surface area contributed by atoms with Gasteiger partial charge >= 0.3 is 0 Å². The fourth-order valence-electron chi connectivity index (χ4n) is 3.00. The molecule has 1 atom stereocenters. The van der Waals surface area contributed by atoms with Crippen LogP contribution in [-0.4, -0.2) is 58.5 Å². The van der Waals surface area contributed by atoms with Crippen LogP contribution in [0.4, 0.5) is 0 Å². The van der Waals surface area contributed by atoms with Crippen LogP contribution in [0.25, 0.3) is 0 Å². The standard InChI is InChI=1S/C15H29N5O2S/c1-5-6-9-18(4)23(21,22)19-10-7-8-14(11-19)15-17-16-12-20(15)13(2)3/h12-14H,5-11H2,1-4H3. The smallest absolute Gasteiger partial charge is 0.281 e. The first-order valence-electron chi connectivity index (χ1n) is 8.48. The van der Waals surface area contributed by atoms with Crippen molar-refractivity contribution in [2.24, 2.45) is 0 Å². The lowest BCUT2D eigenvalue weighted by molar-refractivity contribution is 0.281. The predicted molar refractivity (Wildman–Crippen MR) is 90.4 cm³/mol. The van der Waals surface area contributed by atoms with Gasteiger partial charge < -0.3 is 4.57 Å². The van der Waals surface area contributed by atoms with Crippen molar-refractivity contribution in [3.05, 3.63) is 12.2 Å². The summed E-state index contributed by atoms with van der Waals surface area (Å²) in [6.45, 7) is 7.89. The van der Waals surface area contributed by atoms with Crippen LogP contribution in [0.15, 0.2) is 6.33 Å². The van der Waals surface area contributed by atoms with Crippen LogP contribution in [0.3, 0.4) is 0 Å². The number of hydrogen-bond donors (Lipinski definition) is 0. The van der Waals surface area contributed by atoms with Gasteiger partial charge in [-0.1, -0.05) is 13.3 Å². The van der Waals surface area contributed by atoms with E-state index in [9.17, 15) is 8.42 Å². The molecule has 0 radical (unpaired) electrons. The van der Waals surface area contributed by atoms with Crippen LogP contribution in [-0.2, 0) is 10.2 Å². The predicted octanol–water partition coefficient (Wildman–Crippen LogP) is 2.02. The monoisotopic (exact) mass is 343 g/mol. The third-order valence-corrected chi connectivity index (χ3v) is 6.41. The molecule has 2 heterocycles. The third-order valence-electron chi connectivity index (χ3n) is 4.45. The molecule has 8 heteroatoms. The van der Waals surface area contributed by atoms with Gasteiger partial charge in [0.25, 0.3) is 10.2 Å². The molecular formula is C15H29N5O2S. The van der Waals surface area contributed by atoms with Crippen molar-refractivity contribution in [3.63, 3.8) is 0 Å². The summed E-state index contributed by atoms with van der Waals surface area (Å²) in [7, 11) is -1.71. The minimum Gasteiger partial charge on any atom is -0.315 e. The van der Waals surface area contributed by atoms with Crippen molar-refractivity contribution in [3.8, 4) is 0 Å². The molecule has 0 bridgehead atoms. The molecule has 1 aromatic rings. The van der Waals surface area contributed by atoms with Crippen LogP contribution in [0.5, 0.6) is 0 Å². The zero-order valence-corrected chi connectivity index (χ0v) is 15.5. The lowest BCUT2D eigenvalue weighted by atomic mass is 9.98. The van der Waals surface area contributed by atoms with Gasteiger partial charge in [0.1, 0.15) is 12.2 Å². The first-order chi connectivity index (χ1) is 10.9. The first-order valence-corrected chi connectivity index (χ1v) is 9.88. The molecule has 23 heavy (non-hydrogen) atoms. The van der Waals surface area contributed by atoms with Gasteiger partial charge in [-0.3, -0.25) is 0 Å². The molecule has 0 aromatic carbocycles. The Kier molecular flexibility index (Phi) is 6.16. The molecule has 1 aromatic heterocycles. The Balaban J connectivity index is 2.13. The highest BCUT2D eigenvalue weighted by atomic mass is 32.2. The van der Waals surface area contributed by atoms with Gasteiger partial charge in [0.15, 0.2) is 0 Å². The summed E-state index contributed by atoms with van der Waals surface area (Å²) in [4.78, 5) is 0. The fourth-order valence-corrected chi connectivity index (χ4v) is 4.48. The Morgan fingerprint density at radius 2 is 2.17 bits per heavy atom. The highest BCUT2D eigenvalue weighted by Gasteiger charge is 2.34. The van der Waals surface area contributed by atoms with Crippen LogP contribution in [0.1, 0.15) is 64.2 Å². The van der Waals surface area contributed by atoms with Crippen LogP contribution in [0, 0.1) is 0 Å². The Morgan fingerprint density at radius 3 is 2.83 bits per heavy atom. The summed E-state index contributed by atoms with van der Waals surface area (Å²) >= 11 is 0. The Hall–Kier alpha value is -0.990. The van der Waals surface area contributed by atoms with Gasteiger partial charge in [0.05, 0.1) is 0 Å². The van der Waals surface area contributed by atoms with Crippen molar-refractivity contribution in [2.45, 2.75) is 58.4 Å². The van der Waals surface area contributed by atoms with E-state index in [2.05, 4.69) is 31.0 Å². The van der Waals surface area contributed by atoms with E-state index in [0.717, 1.165) is 31.5 Å². The molecule has 2 rings (SSSR count). The number of piperidine rings is 1. The molecule has 0 aliphatic carbocycles. The highest BCUT2D eigenvalue weighted by Crippen LogP contribution is 2.29. The maximum Gasteiger partial charge on any atom is 0.281 e. The van der Waals surface area contributed by atoms with Gasteiger partial charge in [-0.15, -0.1) is 10.2 Å². The van der Waals surface area contributed by atoms with E-state index in [4.69, 9.17) is 0 Å². The average Bonchev–Trinajstić information content (AvgIpc) is 3.02. The van der Waals surface area contributed by atoms with Crippen LogP contribution < -0.4 is 0 Å². The minimum absolute atomic E-state index is 0.114. The molecule has 0 spiro atoms. The SMILES string of the molecule is CCCCN(C)S(=O)(=O)N1CCCC(c2nncn2C(C)C)C1. The summed E-state index contributed by atoms with van der Waals surface area (Å²) in [6, 6.07) is 0.277. The van der Waals surface area contributed by atoms with E-state index in [-0.39, 0.29) is 12.0 Å². The van der Waals surface area contributed by atoms with Crippen molar-refractivity contribution in [1.82, 2.24) is 23.4 Å². The summed E-state index contributed by atoms with van der Waals surface area (Å²) < 4.78 is 30.6. The van der Waals surface area contributed by atoms with E-state index in [0.29, 0.717) is 19.6 Å². The van der Waals surface area contributed by atoms with Gasteiger partial charge in [0, 0.05) is 38.6 Å². The van der Waals surface area contributed by atoms with Gasteiger partial charge in [-0.25, -0.2) is 0 Å². The molecule has 1 unspecified atom stereocenters. The third kappa shape index (κ3) is 4.10. The summed E-state index contributed by atoms with van der Waals surface area (Å²) in [5.41, 5.74) is 0. The molecule has 1 aliphatic heterocycles. The molecule has 1 fully saturated rings. The molecule has 7 nitrogen and oxygen atoms in total. The second-order valence-corrected chi connectivity index (χ2v) is 8.61. The van der Waals surface area contributed by atoms with Gasteiger partial charge in [-0.2, -0.15) is 17.0 Å². The van der Waals surface area contributed by atoms with E-state index in [1.807, 2.05) is 4.57 Å². The molecular weight excluding hydrogens is 314 g/mol. The average molecular weight is 343 g/mol. The van der Waals surface area contributed by atoms with Crippen molar-refractivity contribution < 1.29 is 8.42 Å². The quantitative estimate of drug-likeness (QED) is 0.759. The second-order valence-electron chi connectivity index (χ2n) is 6.57. The lowest BCUT2D eigenvalue weighted by Crippen LogP contribution is -2.46. The molecule has 1 aliphatic rings. The summed E-state index contributed by atoms with van der Waals surface area (Å²) in [5.74, 6) is 1.01. The largest absolute Gasteiger partial charge is 0.315 e. The van der Waals surface area contributed by atoms with Crippen molar-refractivity contribution in [2.75, 3.05) is 26.7 Å². The van der Waals surface area contributed by atoms with Crippen molar-refractivity contribution in [1.29, 1.82) is 0 Å². The van der Waals surface area contributed by atoms with Gasteiger partial charge in [0.2, 0.25) is 0 Å². The number of unbranched alkanes of at least 4 members (excludes halogenated alkanes) is 1. The van der Waals surface area contributed by atoms with Crippen molar-refractivity contribution >= 4 is 10.2 Å². The molecule has 0 saturated carbocycles. The first kappa shape index (κ1) is 18.4. The summed E-state index contributed by atoms with van der Waals surface area (Å²) in [5, 5.41) is 8.27. The van der Waals surface area contributed by atoms with E-state index in [1.165, 1.54) is 4.31 Å². The topological polar surface area (TPSA) is 71.3 Å². The van der Waals surface area contributed by atoms with E-state index in [1.54, 1.807) is 17.7 Å². The van der Waals surface area contributed by atoms with E-state index < -0.39 is 10.2 Å². The maximum atomic E-state index is 12.7. The maximum absolute atomic E-state index is 12.7. The van der Waals surface area contributed by atoms with Gasteiger partial charge in [-0.05, 0) is 33.1 Å². The highest BCUT2D eigenvalue weighted by molar-refractivity contribution is 7.86. The number of aromatic nitrogens is 3. The molecule has 0 N–H and O–H groups in total. The van der Waals surface area contributed by atoms with Crippen LogP contribution >= 0.6 is 0 Å². The number of nitrogens with zero attached hydrogens (tertiary/aromatic N) is 5. The zero-order valence-electron chi connectivity index (χ0n) is 14.6. The fraction of sp³-hybridized carbons (Fsp3) is 0.867. The summed E-state index contributed by atoms with van der Waals surface area (Å²) in [6.07, 6.45) is 5.42. The Bertz CT molecular complexity index is 599. The van der Waals surface area contributed by atoms with E-state index >= 15 is 0 Å². The Labute approximate surface area is 139 Å². The zero-order chi connectivity index (χ0) is 17.0. The minimum atomic E-state index is -3.38. The number of rotatable bonds is 7. The molecule has 0 amide bonds. The molecule has 132 valence electrons. The number of hydrogen-bond acceptors (Lipinski definition) is 4. The normalized spacial score (nSPS) is 20.5.